The molecule has 1 fully saturated rings. The van der Waals surface area contributed by atoms with Crippen molar-refractivity contribution in [1.29, 1.82) is 0 Å². The molecular weight excluding hydrogens is 302 g/mol. The Morgan fingerprint density at radius 1 is 1.17 bits per heavy atom. The van der Waals surface area contributed by atoms with E-state index >= 15 is 0 Å². The van der Waals surface area contributed by atoms with Crippen molar-refractivity contribution in [3.05, 3.63) is 53.4 Å². The quantitative estimate of drug-likeness (QED) is 0.867. The number of aryl methyl sites for hydroxylation is 1. The highest BCUT2D eigenvalue weighted by atomic mass is 19.1. The maximum absolute atomic E-state index is 13.7. The Morgan fingerprint density at radius 3 is 2.61 bits per heavy atom. The van der Waals surface area contributed by atoms with E-state index in [1.54, 1.807) is 17.3 Å². The van der Waals surface area contributed by atoms with Crippen molar-refractivity contribution >= 4 is 11.9 Å². The lowest BCUT2D eigenvalue weighted by molar-refractivity contribution is -0.131. The summed E-state index contributed by atoms with van der Waals surface area (Å²) in [5.41, 5.74) is 1.12. The summed E-state index contributed by atoms with van der Waals surface area (Å²) < 4.78 is 26.9. The second-order valence-electron chi connectivity index (χ2n) is 5.53. The number of carbonyl (C=O) groups excluding carboxylic acids is 1. The number of piperazine rings is 1. The van der Waals surface area contributed by atoms with E-state index in [0.717, 1.165) is 23.8 Å². The van der Waals surface area contributed by atoms with Gasteiger partial charge in [-0.25, -0.2) is 18.7 Å². The van der Waals surface area contributed by atoms with Crippen LogP contribution in [0.3, 0.4) is 0 Å². The van der Waals surface area contributed by atoms with Crippen molar-refractivity contribution < 1.29 is 13.6 Å². The summed E-state index contributed by atoms with van der Waals surface area (Å²) in [4.78, 5) is 24.0. The summed E-state index contributed by atoms with van der Waals surface area (Å²) in [6.07, 6.45) is 3.39. The van der Waals surface area contributed by atoms with Crippen LogP contribution >= 0.6 is 0 Å². The number of aromatic nitrogens is 2. The van der Waals surface area contributed by atoms with E-state index in [-0.39, 0.29) is 24.6 Å². The highest BCUT2D eigenvalue weighted by molar-refractivity contribution is 5.82. The van der Waals surface area contributed by atoms with Gasteiger partial charge in [-0.1, -0.05) is 0 Å². The van der Waals surface area contributed by atoms with Crippen LogP contribution in [0.5, 0.6) is 0 Å². The molecule has 1 aliphatic rings. The molecule has 0 spiro atoms. The minimum absolute atomic E-state index is 0.0605. The molecule has 0 N–H and O–H groups in total. The number of benzene rings is 1. The van der Waals surface area contributed by atoms with Crippen LogP contribution < -0.4 is 4.90 Å². The monoisotopic (exact) mass is 318 g/mol. The second kappa shape index (κ2) is 6.28. The summed E-state index contributed by atoms with van der Waals surface area (Å²) in [5.74, 6) is -0.686. The first-order chi connectivity index (χ1) is 11.0. The van der Waals surface area contributed by atoms with Gasteiger partial charge in [0.25, 0.3) is 0 Å². The number of nitrogens with zero attached hydrogens (tertiary/aromatic N) is 4. The van der Waals surface area contributed by atoms with E-state index in [9.17, 15) is 13.6 Å². The number of hydrogen-bond donors (Lipinski definition) is 0. The average molecular weight is 318 g/mol. The summed E-state index contributed by atoms with van der Waals surface area (Å²) in [5, 5.41) is 0. The summed E-state index contributed by atoms with van der Waals surface area (Å²) >= 11 is 0. The Labute approximate surface area is 132 Å². The summed E-state index contributed by atoms with van der Waals surface area (Å²) in [7, 11) is 0. The molecule has 7 heteroatoms. The number of carbonyl (C=O) groups is 1. The van der Waals surface area contributed by atoms with Crippen molar-refractivity contribution in [2.75, 3.05) is 24.5 Å². The van der Waals surface area contributed by atoms with Gasteiger partial charge in [-0.3, -0.25) is 4.79 Å². The van der Waals surface area contributed by atoms with E-state index in [0.29, 0.717) is 19.0 Å². The largest absolute Gasteiger partial charge is 0.335 e. The molecule has 0 saturated carbocycles. The predicted octanol–water partition coefficient (Wildman–Crippen LogP) is 1.91. The molecular formula is C16H16F2N4O. The smallest absolute Gasteiger partial charge is 0.242 e. The highest BCUT2D eigenvalue weighted by Crippen LogP contribution is 2.16. The van der Waals surface area contributed by atoms with Crippen LogP contribution in [0.25, 0.3) is 0 Å². The van der Waals surface area contributed by atoms with Crippen LogP contribution in [0.2, 0.25) is 0 Å². The van der Waals surface area contributed by atoms with Crippen LogP contribution in [0.4, 0.5) is 14.7 Å². The minimum Gasteiger partial charge on any atom is -0.335 e. The average Bonchev–Trinajstić information content (AvgIpc) is 2.53. The predicted molar refractivity (Wildman–Crippen MR) is 80.8 cm³/mol. The fourth-order valence-corrected chi connectivity index (χ4v) is 2.47. The third-order valence-electron chi connectivity index (χ3n) is 3.74. The topological polar surface area (TPSA) is 49.3 Å². The molecule has 0 radical (unpaired) electrons. The normalized spacial score (nSPS) is 15.2. The summed E-state index contributed by atoms with van der Waals surface area (Å²) in [6, 6.07) is 3.26. The first-order valence-corrected chi connectivity index (χ1v) is 7.28. The minimum atomic E-state index is -0.513. The third kappa shape index (κ3) is 3.44. The van der Waals surface area contributed by atoms with Crippen molar-refractivity contribution in [2.24, 2.45) is 0 Å². The van der Waals surface area contributed by atoms with Crippen molar-refractivity contribution in [3.63, 3.8) is 0 Å². The zero-order valence-corrected chi connectivity index (χ0v) is 12.7. The van der Waals surface area contributed by atoms with Crippen LogP contribution in [0, 0.1) is 18.6 Å². The lowest BCUT2D eigenvalue weighted by atomic mass is 10.1. The van der Waals surface area contributed by atoms with Gasteiger partial charge in [0.2, 0.25) is 11.9 Å². The molecule has 0 atom stereocenters. The van der Waals surface area contributed by atoms with E-state index < -0.39 is 11.6 Å². The van der Waals surface area contributed by atoms with Crippen LogP contribution in [-0.4, -0.2) is 40.4 Å². The van der Waals surface area contributed by atoms with Crippen molar-refractivity contribution in [1.82, 2.24) is 14.9 Å². The molecule has 2 heterocycles. The Kier molecular flexibility index (Phi) is 4.18. The molecule has 23 heavy (non-hydrogen) atoms. The molecule has 1 aliphatic heterocycles. The van der Waals surface area contributed by atoms with Gasteiger partial charge in [0, 0.05) is 37.6 Å². The lowest BCUT2D eigenvalue weighted by Gasteiger charge is -2.34. The zero-order valence-electron chi connectivity index (χ0n) is 12.7. The van der Waals surface area contributed by atoms with Gasteiger partial charge < -0.3 is 9.80 Å². The Bertz CT molecular complexity index is 721. The number of anilines is 1. The molecule has 0 aliphatic carbocycles. The van der Waals surface area contributed by atoms with Gasteiger partial charge in [0.15, 0.2) is 0 Å². The maximum Gasteiger partial charge on any atom is 0.242 e. The van der Waals surface area contributed by atoms with Gasteiger partial charge in [-0.2, -0.15) is 0 Å². The summed E-state index contributed by atoms with van der Waals surface area (Å²) in [6.45, 7) is 3.03. The van der Waals surface area contributed by atoms with E-state index in [1.807, 2.05) is 6.92 Å². The number of rotatable bonds is 3. The van der Waals surface area contributed by atoms with Gasteiger partial charge in [0.1, 0.15) is 18.2 Å². The highest BCUT2D eigenvalue weighted by Gasteiger charge is 2.26. The fraction of sp³-hybridized carbons (Fsp3) is 0.312. The third-order valence-corrected chi connectivity index (χ3v) is 3.74. The van der Waals surface area contributed by atoms with E-state index in [2.05, 4.69) is 9.97 Å². The molecule has 2 aromatic rings. The molecule has 120 valence electrons. The Hall–Kier alpha value is -2.57. The number of halogens is 2. The van der Waals surface area contributed by atoms with Crippen molar-refractivity contribution in [2.45, 2.75) is 13.5 Å². The molecule has 1 aromatic carbocycles. The molecule has 5 nitrogen and oxygen atoms in total. The van der Waals surface area contributed by atoms with Crippen LogP contribution in [0.1, 0.15) is 11.1 Å². The van der Waals surface area contributed by atoms with Gasteiger partial charge in [-0.05, 0) is 30.7 Å². The molecule has 1 saturated heterocycles. The molecule has 0 bridgehead atoms. The van der Waals surface area contributed by atoms with Gasteiger partial charge in [0.05, 0.1) is 0 Å². The van der Waals surface area contributed by atoms with Gasteiger partial charge >= 0.3 is 0 Å². The van der Waals surface area contributed by atoms with Crippen molar-refractivity contribution in [3.8, 4) is 0 Å². The standard InChI is InChI=1S/C16H16F2N4O/c1-11-7-19-16(20-8-11)22-5-4-21(15(23)10-22)9-12-6-13(17)2-3-14(12)18/h2-3,6-8H,4-5,9-10H2,1H3. The van der Waals surface area contributed by atoms with Crippen LogP contribution in [0.15, 0.2) is 30.6 Å². The molecule has 0 unspecified atom stereocenters. The maximum atomic E-state index is 13.7. The number of amides is 1. The molecule has 1 amide bonds. The van der Waals surface area contributed by atoms with E-state index in [1.165, 1.54) is 4.90 Å². The molecule has 3 rings (SSSR count). The molecule has 1 aromatic heterocycles. The second-order valence-corrected chi connectivity index (χ2v) is 5.53. The number of hydrogen-bond acceptors (Lipinski definition) is 4. The van der Waals surface area contributed by atoms with E-state index in [4.69, 9.17) is 0 Å². The SMILES string of the molecule is Cc1cnc(N2CCN(Cc3cc(F)ccc3F)C(=O)C2)nc1. The van der Waals surface area contributed by atoms with Gasteiger partial charge in [-0.15, -0.1) is 0 Å². The zero-order chi connectivity index (χ0) is 16.4. The Balaban J connectivity index is 1.68. The first-order valence-electron chi connectivity index (χ1n) is 7.28. The van der Waals surface area contributed by atoms with Crippen LogP contribution in [-0.2, 0) is 11.3 Å². The first kappa shape index (κ1) is 15.3. The Morgan fingerprint density at radius 2 is 1.91 bits per heavy atom. The lowest BCUT2D eigenvalue weighted by Crippen LogP contribution is -2.50. The fourth-order valence-electron chi connectivity index (χ4n) is 2.47.